The first-order valence-corrected chi connectivity index (χ1v) is 9.20. The van der Waals surface area contributed by atoms with E-state index in [0.29, 0.717) is 12.5 Å². The number of nitrogens with one attached hydrogen (secondary N) is 1. The van der Waals surface area contributed by atoms with Gasteiger partial charge in [0.25, 0.3) is 0 Å². The Balaban J connectivity index is 1.52. The molecular formula is C19H29N5O. The van der Waals surface area contributed by atoms with E-state index in [4.69, 9.17) is 4.98 Å². The van der Waals surface area contributed by atoms with Crippen LogP contribution >= 0.6 is 0 Å². The Morgan fingerprint density at radius 1 is 1.36 bits per heavy atom. The molecule has 6 heteroatoms. The molecule has 1 aliphatic heterocycles. The average molecular weight is 343 g/mol. The van der Waals surface area contributed by atoms with E-state index in [-0.39, 0.29) is 6.03 Å². The highest BCUT2D eigenvalue weighted by Crippen LogP contribution is 2.17. The van der Waals surface area contributed by atoms with E-state index >= 15 is 0 Å². The summed E-state index contributed by atoms with van der Waals surface area (Å²) in [5, 5.41) is 3.06. The van der Waals surface area contributed by atoms with Crippen molar-refractivity contribution in [1.82, 2.24) is 24.7 Å². The summed E-state index contributed by atoms with van der Waals surface area (Å²) in [6.07, 6.45) is 1.85. The Bertz CT molecular complexity index is 724. The monoisotopic (exact) mass is 343 g/mol. The third kappa shape index (κ3) is 4.12. The maximum absolute atomic E-state index is 12.4. The molecule has 3 rings (SSSR count). The lowest BCUT2D eigenvalue weighted by molar-refractivity contribution is 0.205. The number of nitrogens with zero attached hydrogens (tertiary/aromatic N) is 4. The highest BCUT2D eigenvalue weighted by atomic mass is 16.2. The lowest BCUT2D eigenvalue weighted by Crippen LogP contribution is -2.40. The first kappa shape index (κ1) is 17.7. The molecular weight excluding hydrogens is 314 g/mol. The molecule has 0 radical (unpaired) electrons. The van der Waals surface area contributed by atoms with E-state index < -0.39 is 0 Å². The lowest BCUT2D eigenvalue weighted by Gasteiger charge is -2.19. The molecule has 2 heterocycles. The van der Waals surface area contributed by atoms with E-state index in [1.54, 1.807) is 0 Å². The number of para-hydroxylation sites is 2. The van der Waals surface area contributed by atoms with Crippen molar-refractivity contribution in [1.29, 1.82) is 0 Å². The first-order valence-electron chi connectivity index (χ1n) is 9.20. The van der Waals surface area contributed by atoms with Crippen LogP contribution in [-0.2, 0) is 13.0 Å². The van der Waals surface area contributed by atoms with Crippen LogP contribution in [0.25, 0.3) is 11.0 Å². The van der Waals surface area contributed by atoms with Gasteiger partial charge in [-0.2, -0.15) is 0 Å². The fourth-order valence-corrected chi connectivity index (χ4v) is 3.74. The maximum Gasteiger partial charge on any atom is 0.317 e. The van der Waals surface area contributed by atoms with Crippen LogP contribution in [0.2, 0.25) is 0 Å². The van der Waals surface area contributed by atoms with Crippen LogP contribution in [0.15, 0.2) is 24.3 Å². The van der Waals surface area contributed by atoms with Gasteiger partial charge in [-0.1, -0.05) is 12.1 Å². The number of carbonyl (C=O) groups excluding carboxylic acids is 1. The van der Waals surface area contributed by atoms with Crippen LogP contribution in [0.4, 0.5) is 4.79 Å². The van der Waals surface area contributed by atoms with Gasteiger partial charge in [-0.25, -0.2) is 9.78 Å². The van der Waals surface area contributed by atoms with Crippen molar-refractivity contribution >= 4 is 17.1 Å². The molecule has 0 bridgehead atoms. The van der Waals surface area contributed by atoms with Gasteiger partial charge < -0.3 is 19.7 Å². The zero-order chi connectivity index (χ0) is 17.8. The lowest BCUT2D eigenvalue weighted by atomic mass is 10.1. The molecule has 0 aliphatic carbocycles. The molecule has 0 saturated carbocycles. The number of aryl methyl sites for hydroxylation is 1. The summed E-state index contributed by atoms with van der Waals surface area (Å²) < 4.78 is 2.23. The molecule has 6 nitrogen and oxygen atoms in total. The van der Waals surface area contributed by atoms with Crippen molar-refractivity contribution in [2.24, 2.45) is 5.92 Å². The minimum Gasteiger partial charge on any atom is -0.338 e. The number of benzene rings is 1. The van der Waals surface area contributed by atoms with E-state index in [9.17, 15) is 4.79 Å². The van der Waals surface area contributed by atoms with E-state index in [0.717, 1.165) is 55.9 Å². The molecule has 1 N–H and O–H groups in total. The second-order valence-electron chi connectivity index (χ2n) is 7.11. The molecule has 2 aromatic rings. The third-order valence-electron chi connectivity index (χ3n) is 4.87. The van der Waals surface area contributed by atoms with Gasteiger partial charge in [-0.3, -0.25) is 0 Å². The number of imidazole rings is 1. The third-order valence-corrected chi connectivity index (χ3v) is 4.87. The summed E-state index contributed by atoms with van der Waals surface area (Å²) in [7, 11) is 4.17. The van der Waals surface area contributed by atoms with E-state index in [2.05, 4.69) is 41.9 Å². The molecule has 0 spiro atoms. The van der Waals surface area contributed by atoms with Gasteiger partial charge in [-0.05, 0) is 45.5 Å². The molecule has 1 fully saturated rings. The Morgan fingerprint density at radius 3 is 2.92 bits per heavy atom. The zero-order valence-corrected chi connectivity index (χ0v) is 15.5. The normalized spacial score (nSPS) is 17.6. The van der Waals surface area contributed by atoms with Crippen LogP contribution in [0.1, 0.15) is 19.2 Å². The van der Waals surface area contributed by atoms with Gasteiger partial charge in [0.15, 0.2) is 0 Å². The highest BCUT2D eigenvalue weighted by molar-refractivity contribution is 5.76. The van der Waals surface area contributed by atoms with Gasteiger partial charge in [0.2, 0.25) is 0 Å². The molecule has 25 heavy (non-hydrogen) atoms. The summed E-state index contributed by atoms with van der Waals surface area (Å²) >= 11 is 0. The molecule has 136 valence electrons. The number of urea groups is 1. The fourth-order valence-electron chi connectivity index (χ4n) is 3.74. The quantitative estimate of drug-likeness (QED) is 0.875. The van der Waals surface area contributed by atoms with Crippen molar-refractivity contribution in [3.63, 3.8) is 0 Å². The summed E-state index contributed by atoms with van der Waals surface area (Å²) in [6, 6.07) is 8.25. The van der Waals surface area contributed by atoms with Crippen LogP contribution in [0.5, 0.6) is 0 Å². The molecule has 1 saturated heterocycles. The first-order chi connectivity index (χ1) is 12.1. The van der Waals surface area contributed by atoms with Gasteiger partial charge in [-0.15, -0.1) is 0 Å². The van der Waals surface area contributed by atoms with Crippen molar-refractivity contribution in [2.45, 2.75) is 26.3 Å². The second kappa shape index (κ2) is 7.87. The maximum atomic E-state index is 12.4. The topological polar surface area (TPSA) is 53.4 Å². The van der Waals surface area contributed by atoms with Crippen molar-refractivity contribution in [3.05, 3.63) is 30.1 Å². The summed E-state index contributed by atoms with van der Waals surface area (Å²) in [5.41, 5.74) is 2.19. The molecule has 1 aromatic carbocycles. The van der Waals surface area contributed by atoms with Crippen LogP contribution in [0, 0.1) is 5.92 Å². The van der Waals surface area contributed by atoms with Gasteiger partial charge in [0.1, 0.15) is 5.82 Å². The minimum absolute atomic E-state index is 0.0559. The molecule has 1 atom stereocenters. The number of hydrogen-bond donors (Lipinski definition) is 1. The van der Waals surface area contributed by atoms with Crippen LogP contribution in [-0.4, -0.2) is 65.7 Å². The van der Waals surface area contributed by atoms with Crippen molar-refractivity contribution in [3.8, 4) is 0 Å². The smallest absolute Gasteiger partial charge is 0.317 e. The average Bonchev–Trinajstić information content (AvgIpc) is 3.18. The predicted octanol–water partition coefficient (Wildman–Crippen LogP) is 2.19. The largest absolute Gasteiger partial charge is 0.338 e. The number of likely N-dealkylation sites (tertiary alicyclic amines) is 1. The Morgan fingerprint density at radius 2 is 2.16 bits per heavy atom. The standard InChI is InChI=1S/C19H29N5O/c1-4-24-17-8-6-5-7-16(17)21-18(24)9-11-20-19(25)23-12-10-15(14-23)13-22(2)3/h5-8,15H,4,9-14H2,1-3H3,(H,20,25)/t15-/m1/s1. The molecule has 2 amide bonds. The SMILES string of the molecule is CCn1c(CCNC(=O)N2CC[C@H](CN(C)C)C2)nc2ccccc21. The predicted molar refractivity (Wildman–Crippen MR) is 101 cm³/mol. The van der Waals surface area contributed by atoms with Gasteiger partial charge in [0, 0.05) is 39.1 Å². The van der Waals surface area contributed by atoms with Gasteiger partial charge >= 0.3 is 6.03 Å². The number of carbonyl (C=O) groups is 1. The van der Waals surface area contributed by atoms with Crippen molar-refractivity contribution in [2.75, 3.05) is 40.3 Å². The summed E-state index contributed by atoms with van der Waals surface area (Å²) in [5.74, 6) is 1.63. The minimum atomic E-state index is 0.0559. The molecule has 1 aromatic heterocycles. The summed E-state index contributed by atoms with van der Waals surface area (Å²) in [6.45, 7) is 6.41. The van der Waals surface area contributed by atoms with Gasteiger partial charge in [0.05, 0.1) is 11.0 Å². The number of rotatable bonds is 6. The summed E-state index contributed by atoms with van der Waals surface area (Å²) in [4.78, 5) is 21.2. The van der Waals surface area contributed by atoms with E-state index in [1.165, 1.54) is 0 Å². The number of aromatic nitrogens is 2. The second-order valence-corrected chi connectivity index (χ2v) is 7.11. The fraction of sp³-hybridized carbons (Fsp3) is 0.579. The highest BCUT2D eigenvalue weighted by Gasteiger charge is 2.26. The van der Waals surface area contributed by atoms with Crippen LogP contribution in [0.3, 0.4) is 0 Å². The number of hydrogen-bond acceptors (Lipinski definition) is 3. The number of amides is 2. The molecule has 1 aliphatic rings. The van der Waals surface area contributed by atoms with E-state index in [1.807, 2.05) is 23.1 Å². The molecule has 0 unspecified atom stereocenters. The Kier molecular flexibility index (Phi) is 5.58. The Hall–Kier alpha value is -2.08. The van der Waals surface area contributed by atoms with Crippen molar-refractivity contribution < 1.29 is 4.79 Å². The Labute approximate surface area is 149 Å². The zero-order valence-electron chi connectivity index (χ0n) is 15.5. The number of fused-ring (bicyclic) bond motifs is 1. The van der Waals surface area contributed by atoms with Crippen LogP contribution < -0.4 is 5.32 Å².